The molecule has 0 amide bonds. The van der Waals surface area contributed by atoms with E-state index in [-0.39, 0.29) is 0 Å². The quantitative estimate of drug-likeness (QED) is 0.770. The summed E-state index contributed by atoms with van der Waals surface area (Å²) in [6, 6.07) is 2.35. The smallest absolute Gasteiger partial charge is 0.132 e. The third-order valence-electron chi connectivity index (χ3n) is 2.10. The highest BCUT2D eigenvalue weighted by Gasteiger charge is 2.02. The molecule has 0 unspecified atom stereocenters. The zero-order valence-electron chi connectivity index (χ0n) is 9.26. The van der Waals surface area contributed by atoms with Gasteiger partial charge in [0, 0.05) is 19.2 Å². The molecular weight excluding hydrogens is 176 g/mol. The number of hydrogen-bond acceptors (Lipinski definition) is 4. The Morgan fingerprint density at radius 2 is 2.00 bits per heavy atom. The van der Waals surface area contributed by atoms with E-state index in [1.807, 2.05) is 20.0 Å². The van der Waals surface area contributed by atoms with Crippen LogP contribution in [0.1, 0.15) is 26.1 Å². The lowest BCUT2D eigenvalue weighted by atomic mass is 10.2. The van der Waals surface area contributed by atoms with Crippen molar-refractivity contribution in [2.24, 2.45) is 0 Å². The Balaban J connectivity index is 2.81. The zero-order valence-corrected chi connectivity index (χ0v) is 9.26. The van der Waals surface area contributed by atoms with Gasteiger partial charge in [0.15, 0.2) is 0 Å². The summed E-state index contributed by atoms with van der Waals surface area (Å²) in [5.41, 5.74) is 0. The van der Waals surface area contributed by atoms with Gasteiger partial charge in [0.2, 0.25) is 0 Å². The van der Waals surface area contributed by atoms with Crippen LogP contribution in [0.3, 0.4) is 0 Å². The van der Waals surface area contributed by atoms with Crippen LogP contribution in [0.5, 0.6) is 0 Å². The third-order valence-corrected chi connectivity index (χ3v) is 2.10. The molecule has 78 valence electrons. The minimum absolute atomic E-state index is 0.439. The lowest BCUT2D eigenvalue weighted by molar-refractivity contribution is 0.757. The van der Waals surface area contributed by atoms with E-state index >= 15 is 0 Å². The summed E-state index contributed by atoms with van der Waals surface area (Å²) in [5.74, 6) is 2.52. The molecule has 0 bridgehead atoms. The Morgan fingerprint density at radius 3 is 2.57 bits per heavy atom. The van der Waals surface area contributed by atoms with Crippen LogP contribution < -0.4 is 10.6 Å². The van der Waals surface area contributed by atoms with Crippen molar-refractivity contribution in [1.29, 1.82) is 0 Å². The topological polar surface area (TPSA) is 49.8 Å². The van der Waals surface area contributed by atoms with E-state index in [0.717, 1.165) is 23.9 Å². The molecule has 1 atom stereocenters. The second-order valence-electron chi connectivity index (χ2n) is 3.39. The second kappa shape index (κ2) is 4.79. The molecule has 0 aromatic carbocycles. The van der Waals surface area contributed by atoms with Crippen LogP contribution in [0.2, 0.25) is 0 Å². The van der Waals surface area contributed by atoms with Gasteiger partial charge in [-0.3, -0.25) is 0 Å². The Labute approximate surface area is 85.2 Å². The molecule has 0 aliphatic carbocycles. The molecule has 1 rings (SSSR count). The summed E-state index contributed by atoms with van der Waals surface area (Å²) in [5, 5.41) is 6.32. The highest BCUT2D eigenvalue weighted by molar-refractivity contribution is 5.47. The van der Waals surface area contributed by atoms with Crippen LogP contribution >= 0.6 is 0 Å². The summed E-state index contributed by atoms with van der Waals surface area (Å²) in [6.45, 7) is 6.17. The van der Waals surface area contributed by atoms with Crippen molar-refractivity contribution in [3.05, 3.63) is 11.9 Å². The van der Waals surface area contributed by atoms with E-state index < -0.39 is 0 Å². The normalized spacial score (nSPS) is 12.3. The van der Waals surface area contributed by atoms with Gasteiger partial charge in [-0.1, -0.05) is 6.92 Å². The standard InChI is InChI=1S/C10H18N4/c1-5-7(2)12-10-6-9(11-4)13-8(3)14-10/h6-7H,5H2,1-4H3,(H2,11,12,13,14)/t7-/m0/s1. The van der Waals surface area contributed by atoms with E-state index in [2.05, 4.69) is 34.4 Å². The Morgan fingerprint density at radius 1 is 1.36 bits per heavy atom. The van der Waals surface area contributed by atoms with Crippen LogP contribution in [-0.2, 0) is 0 Å². The van der Waals surface area contributed by atoms with E-state index in [9.17, 15) is 0 Å². The van der Waals surface area contributed by atoms with Crippen LogP contribution in [0.15, 0.2) is 6.07 Å². The Hall–Kier alpha value is -1.32. The fraction of sp³-hybridized carbons (Fsp3) is 0.600. The molecule has 4 nitrogen and oxygen atoms in total. The molecule has 1 aromatic rings. The van der Waals surface area contributed by atoms with Gasteiger partial charge in [-0.25, -0.2) is 9.97 Å². The maximum absolute atomic E-state index is 4.31. The van der Waals surface area contributed by atoms with Gasteiger partial charge in [0.25, 0.3) is 0 Å². The van der Waals surface area contributed by atoms with Gasteiger partial charge in [-0.05, 0) is 20.3 Å². The monoisotopic (exact) mass is 194 g/mol. The predicted octanol–water partition coefficient (Wildman–Crippen LogP) is 2.04. The summed E-state index contributed by atoms with van der Waals surface area (Å²) < 4.78 is 0. The maximum Gasteiger partial charge on any atom is 0.132 e. The summed E-state index contributed by atoms with van der Waals surface area (Å²) in [6.07, 6.45) is 1.08. The largest absolute Gasteiger partial charge is 0.373 e. The fourth-order valence-electron chi connectivity index (χ4n) is 1.12. The first kappa shape index (κ1) is 10.8. The summed E-state index contributed by atoms with van der Waals surface area (Å²) >= 11 is 0. The van der Waals surface area contributed by atoms with Crippen molar-refractivity contribution >= 4 is 11.6 Å². The van der Waals surface area contributed by atoms with E-state index in [0.29, 0.717) is 6.04 Å². The van der Waals surface area contributed by atoms with E-state index in [1.165, 1.54) is 0 Å². The average Bonchev–Trinajstić information content (AvgIpc) is 2.16. The Bertz CT molecular complexity index is 298. The predicted molar refractivity (Wildman–Crippen MR) is 59.7 cm³/mol. The highest BCUT2D eigenvalue weighted by atomic mass is 15.1. The molecule has 1 aromatic heterocycles. The van der Waals surface area contributed by atoms with Gasteiger partial charge < -0.3 is 10.6 Å². The second-order valence-corrected chi connectivity index (χ2v) is 3.39. The average molecular weight is 194 g/mol. The molecule has 0 saturated carbocycles. The zero-order chi connectivity index (χ0) is 10.6. The number of aromatic nitrogens is 2. The molecular formula is C10H18N4. The molecule has 0 saturated heterocycles. The van der Waals surface area contributed by atoms with Crippen molar-refractivity contribution < 1.29 is 0 Å². The maximum atomic E-state index is 4.31. The van der Waals surface area contributed by atoms with Crippen molar-refractivity contribution in [2.75, 3.05) is 17.7 Å². The summed E-state index contributed by atoms with van der Waals surface area (Å²) in [7, 11) is 1.86. The van der Waals surface area contributed by atoms with Crippen LogP contribution in [-0.4, -0.2) is 23.1 Å². The molecule has 14 heavy (non-hydrogen) atoms. The molecule has 0 spiro atoms. The molecule has 0 fully saturated rings. The minimum Gasteiger partial charge on any atom is -0.373 e. The minimum atomic E-state index is 0.439. The van der Waals surface area contributed by atoms with Crippen molar-refractivity contribution in [2.45, 2.75) is 33.2 Å². The number of anilines is 2. The van der Waals surface area contributed by atoms with Crippen LogP contribution in [0.25, 0.3) is 0 Å². The number of hydrogen-bond donors (Lipinski definition) is 2. The molecule has 1 heterocycles. The van der Waals surface area contributed by atoms with Gasteiger partial charge in [-0.15, -0.1) is 0 Å². The van der Waals surface area contributed by atoms with Crippen molar-refractivity contribution in [3.63, 3.8) is 0 Å². The number of aryl methyl sites for hydroxylation is 1. The van der Waals surface area contributed by atoms with Crippen molar-refractivity contribution in [3.8, 4) is 0 Å². The van der Waals surface area contributed by atoms with Gasteiger partial charge >= 0.3 is 0 Å². The third kappa shape index (κ3) is 2.87. The van der Waals surface area contributed by atoms with E-state index in [1.54, 1.807) is 0 Å². The fourth-order valence-corrected chi connectivity index (χ4v) is 1.12. The first-order valence-electron chi connectivity index (χ1n) is 4.95. The van der Waals surface area contributed by atoms with Crippen LogP contribution in [0.4, 0.5) is 11.6 Å². The van der Waals surface area contributed by atoms with E-state index in [4.69, 9.17) is 0 Å². The van der Waals surface area contributed by atoms with Gasteiger partial charge in [-0.2, -0.15) is 0 Å². The first-order valence-corrected chi connectivity index (χ1v) is 4.95. The number of nitrogens with zero attached hydrogens (tertiary/aromatic N) is 2. The van der Waals surface area contributed by atoms with Gasteiger partial charge in [0.05, 0.1) is 0 Å². The molecule has 0 aliphatic heterocycles. The van der Waals surface area contributed by atoms with Crippen LogP contribution in [0, 0.1) is 6.92 Å². The highest BCUT2D eigenvalue weighted by Crippen LogP contribution is 2.11. The number of nitrogens with one attached hydrogen (secondary N) is 2. The molecule has 4 heteroatoms. The molecule has 2 N–H and O–H groups in total. The summed E-state index contributed by atoms with van der Waals surface area (Å²) in [4.78, 5) is 8.53. The van der Waals surface area contributed by atoms with Gasteiger partial charge in [0.1, 0.15) is 17.5 Å². The SMILES string of the molecule is CC[C@H](C)Nc1cc(NC)nc(C)n1. The first-order chi connectivity index (χ1) is 6.65. The Kier molecular flexibility index (Phi) is 3.68. The lowest BCUT2D eigenvalue weighted by Crippen LogP contribution is -2.15. The molecule has 0 radical (unpaired) electrons. The lowest BCUT2D eigenvalue weighted by Gasteiger charge is -2.13. The molecule has 0 aliphatic rings. The van der Waals surface area contributed by atoms with Crippen molar-refractivity contribution in [1.82, 2.24) is 9.97 Å². The number of rotatable bonds is 4.